The molecule has 1 aromatic rings. The minimum atomic E-state index is 0.0271. The standard InChI is InChI=1S/C16H25N3O/c1-4-18(5-2)10-11-19-15(20)12-17-16(19)14-9-7-6-8-13(14)3/h6-9,16-17H,4-5,10-12H2,1-3H3. The highest BCUT2D eigenvalue weighted by Crippen LogP contribution is 2.24. The third kappa shape index (κ3) is 3.19. The van der Waals surface area contributed by atoms with Crippen LogP contribution in [0.5, 0.6) is 0 Å². The third-order valence-corrected chi connectivity index (χ3v) is 4.11. The zero-order valence-electron chi connectivity index (χ0n) is 12.7. The predicted octanol–water partition coefficient (Wildman–Crippen LogP) is 1.77. The fourth-order valence-electron chi connectivity index (χ4n) is 2.75. The molecule has 4 heteroatoms. The minimum Gasteiger partial charge on any atom is -0.321 e. The molecule has 1 N–H and O–H groups in total. The van der Waals surface area contributed by atoms with Crippen molar-refractivity contribution in [3.05, 3.63) is 35.4 Å². The molecule has 20 heavy (non-hydrogen) atoms. The van der Waals surface area contributed by atoms with Gasteiger partial charge in [0.25, 0.3) is 0 Å². The van der Waals surface area contributed by atoms with Crippen LogP contribution >= 0.6 is 0 Å². The number of amides is 1. The van der Waals surface area contributed by atoms with Gasteiger partial charge in [0, 0.05) is 13.1 Å². The highest BCUT2D eigenvalue weighted by atomic mass is 16.2. The van der Waals surface area contributed by atoms with Crippen molar-refractivity contribution in [2.75, 3.05) is 32.7 Å². The lowest BCUT2D eigenvalue weighted by atomic mass is 10.1. The summed E-state index contributed by atoms with van der Waals surface area (Å²) in [6.07, 6.45) is 0.0271. The lowest BCUT2D eigenvalue weighted by Crippen LogP contribution is -2.38. The Labute approximate surface area is 121 Å². The molecule has 0 spiro atoms. The second kappa shape index (κ2) is 6.86. The second-order valence-corrected chi connectivity index (χ2v) is 5.25. The summed E-state index contributed by atoms with van der Waals surface area (Å²) in [5.74, 6) is 0.199. The summed E-state index contributed by atoms with van der Waals surface area (Å²) in [7, 11) is 0. The smallest absolute Gasteiger partial charge is 0.238 e. The molecule has 1 heterocycles. The van der Waals surface area contributed by atoms with Crippen LogP contribution in [0.1, 0.15) is 31.1 Å². The summed E-state index contributed by atoms with van der Waals surface area (Å²) < 4.78 is 0. The maximum absolute atomic E-state index is 12.1. The summed E-state index contributed by atoms with van der Waals surface area (Å²) in [6, 6.07) is 8.28. The summed E-state index contributed by atoms with van der Waals surface area (Å²) in [4.78, 5) is 16.4. The van der Waals surface area contributed by atoms with Gasteiger partial charge in [0.1, 0.15) is 6.17 Å². The Balaban J connectivity index is 2.09. The van der Waals surface area contributed by atoms with Crippen LogP contribution in [0.2, 0.25) is 0 Å². The van der Waals surface area contributed by atoms with E-state index in [9.17, 15) is 4.79 Å². The van der Waals surface area contributed by atoms with Gasteiger partial charge in [-0.15, -0.1) is 0 Å². The van der Waals surface area contributed by atoms with E-state index in [2.05, 4.69) is 43.1 Å². The number of nitrogens with zero attached hydrogens (tertiary/aromatic N) is 2. The molecule has 1 fully saturated rings. The van der Waals surface area contributed by atoms with Crippen LogP contribution in [-0.2, 0) is 4.79 Å². The number of benzene rings is 1. The Morgan fingerprint density at radius 2 is 2.00 bits per heavy atom. The van der Waals surface area contributed by atoms with Gasteiger partial charge in [-0.05, 0) is 31.1 Å². The van der Waals surface area contributed by atoms with Gasteiger partial charge >= 0.3 is 0 Å². The molecule has 1 aliphatic rings. The molecule has 2 rings (SSSR count). The van der Waals surface area contributed by atoms with Crippen LogP contribution in [-0.4, -0.2) is 48.4 Å². The van der Waals surface area contributed by atoms with E-state index in [-0.39, 0.29) is 12.1 Å². The van der Waals surface area contributed by atoms with E-state index in [0.717, 1.165) is 26.2 Å². The van der Waals surface area contributed by atoms with Gasteiger partial charge in [-0.1, -0.05) is 38.1 Å². The molecule has 1 aliphatic heterocycles. The van der Waals surface area contributed by atoms with Crippen molar-refractivity contribution >= 4 is 5.91 Å². The monoisotopic (exact) mass is 275 g/mol. The lowest BCUT2D eigenvalue weighted by molar-refractivity contribution is -0.128. The van der Waals surface area contributed by atoms with Gasteiger partial charge in [0.15, 0.2) is 0 Å². The first-order chi connectivity index (χ1) is 9.67. The average molecular weight is 275 g/mol. The van der Waals surface area contributed by atoms with Crippen molar-refractivity contribution in [2.24, 2.45) is 0 Å². The first-order valence-corrected chi connectivity index (χ1v) is 7.48. The van der Waals surface area contributed by atoms with Crippen molar-refractivity contribution in [2.45, 2.75) is 26.9 Å². The minimum absolute atomic E-state index is 0.0271. The Morgan fingerprint density at radius 1 is 1.30 bits per heavy atom. The van der Waals surface area contributed by atoms with Gasteiger partial charge in [0.2, 0.25) is 5.91 Å². The highest BCUT2D eigenvalue weighted by molar-refractivity contribution is 5.81. The van der Waals surface area contributed by atoms with E-state index in [1.807, 2.05) is 17.0 Å². The number of nitrogens with one attached hydrogen (secondary N) is 1. The molecule has 0 saturated carbocycles. The number of aryl methyl sites for hydroxylation is 1. The predicted molar refractivity (Wildman–Crippen MR) is 81.4 cm³/mol. The van der Waals surface area contributed by atoms with Gasteiger partial charge in [-0.3, -0.25) is 10.1 Å². The molecular weight excluding hydrogens is 250 g/mol. The molecule has 1 unspecified atom stereocenters. The largest absolute Gasteiger partial charge is 0.321 e. The van der Waals surface area contributed by atoms with Crippen LogP contribution in [0.3, 0.4) is 0 Å². The maximum Gasteiger partial charge on any atom is 0.238 e. The van der Waals surface area contributed by atoms with Crippen LogP contribution in [0.4, 0.5) is 0 Å². The Morgan fingerprint density at radius 3 is 2.65 bits per heavy atom. The fourth-order valence-corrected chi connectivity index (χ4v) is 2.75. The topological polar surface area (TPSA) is 35.6 Å². The number of carbonyl (C=O) groups is 1. The zero-order valence-corrected chi connectivity index (χ0v) is 12.7. The van der Waals surface area contributed by atoms with E-state index in [1.165, 1.54) is 11.1 Å². The SMILES string of the molecule is CCN(CC)CCN1C(=O)CNC1c1ccccc1C. The number of rotatable bonds is 6. The lowest BCUT2D eigenvalue weighted by Gasteiger charge is -2.28. The van der Waals surface area contributed by atoms with Gasteiger partial charge in [-0.25, -0.2) is 0 Å². The highest BCUT2D eigenvalue weighted by Gasteiger charge is 2.31. The van der Waals surface area contributed by atoms with Crippen LogP contribution < -0.4 is 5.32 Å². The van der Waals surface area contributed by atoms with Gasteiger partial charge < -0.3 is 9.80 Å². The summed E-state index contributed by atoms with van der Waals surface area (Å²) in [5.41, 5.74) is 2.44. The number of carbonyl (C=O) groups excluding carboxylic acids is 1. The van der Waals surface area contributed by atoms with Crippen LogP contribution in [0.15, 0.2) is 24.3 Å². The molecule has 0 bridgehead atoms. The first kappa shape index (κ1) is 15.0. The summed E-state index contributed by atoms with van der Waals surface area (Å²) in [5, 5.41) is 3.33. The van der Waals surface area contributed by atoms with E-state index in [0.29, 0.717) is 6.54 Å². The summed E-state index contributed by atoms with van der Waals surface area (Å²) in [6.45, 7) is 10.6. The van der Waals surface area contributed by atoms with Crippen molar-refractivity contribution in [1.82, 2.24) is 15.1 Å². The molecule has 1 saturated heterocycles. The number of likely N-dealkylation sites (N-methyl/N-ethyl adjacent to an activating group) is 1. The first-order valence-electron chi connectivity index (χ1n) is 7.48. The number of hydrogen-bond donors (Lipinski definition) is 1. The van der Waals surface area contributed by atoms with E-state index in [4.69, 9.17) is 0 Å². The van der Waals surface area contributed by atoms with E-state index >= 15 is 0 Å². The van der Waals surface area contributed by atoms with Crippen molar-refractivity contribution < 1.29 is 4.79 Å². The number of hydrogen-bond acceptors (Lipinski definition) is 3. The van der Waals surface area contributed by atoms with E-state index in [1.54, 1.807) is 0 Å². The molecule has 1 amide bonds. The molecule has 1 atom stereocenters. The summed E-state index contributed by atoms with van der Waals surface area (Å²) >= 11 is 0. The van der Waals surface area contributed by atoms with Crippen molar-refractivity contribution in [1.29, 1.82) is 0 Å². The van der Waals surface area contributed by atoms with Gasteiger partial charge in [-0.2, -0.15) is 0 Å². The molecule has 0 radical (unpaired) electrons. The van der Waals surface area contributed by atoms with Crippen LogP contribution in [0.25, 0.3) is 0 Å². The quantitative estimate of drug-likeness (QED) is 0.859. The molecular formula is C16H25N3O. The van der Waals surface area contributed by atoms with Gasteiger partial charge in [0.05, 0.1) is 6.54 Å². The zero-order chi connectivity index (χ0) is 14.5. The average Bonchev–Trinajstić information content (AvgIpc) is 2.82. The van der Waals surface area contributed by atoms with Crippen molar-refractivity contribution in [3.63, 3.8) is 0 Å². The Kier molecular flexibility index (Phi) is 5.15. The maximum atomic E-state index is 12.1. The molecule has 0 aromatic heterocycles. The molecule has 4 nitrogen and oxygen atoms in total. The third-order valence-electron chi connectivity index (χ3n) is 4.11. The molecule has 0 aliphatic carbocycles. The fraction of sp³-hybridized carbons (Fsp3) is 0.562. The second-order valence-electron chi connectivity index (χ2n) is 5.25. The Bertz CT molecular complexity index is 457. The normalized spacial score (nSPS) is 19.1. The molecule has 1 aromatic carbocycles. The molecule has 110 valence electrons. The van der Waals surface area contributed by atoms with Crippen molar-refractivity contribution in [3.8, 4) is 0 Å². The Hall–Kier alpha value is -1.39. The van der Waals surface area contributed by atoms with Crippen LogP contribution in [0, 0.1) is 6.92 Å². The van der Waals surface area contributed by atoms with E-state index < -0.39 is 0 Å².